The first-order valence-electron chi connectivity index (χ1n) is 8.43. The molecule has 1 aliphatic carbocycles. The molecule has 4 nitrogen and oxygen atoms in total. The number of rotatable bonds is 4. The third-order valence-corrected chi connectivity index (χ3v) is 4.72. The third kappa shape index (κ3) is 3.04. The van der Waals surface area contributed by atoms with Crippen LogP contribution in [0, 0.1) is 0 Å². The minimum Gasteiger partial charge on any atom is -0.382 e. The highest BCUT2D eigenvalue weighted by atomic mass is 16.6. The molecule has 0 saturated heterocycles. The number of aryl methyl sites for hydroxylation is 1. The summed E-state index contributed by atoms with van der Waals surface area (Å²) in [5, 5.41) is 7.23. The van der Waals surface area contributed by atoms with E-state index in [1.165, 1.54) is 16.7 Å². The fourth-order valence-corrected chi connectivity index (χ4v) is 3.47. The number of fused-ring (bicyclic) bond motifs is 1. The van der Waals surface area contributed by atoms with E-state index < -0.39 is 6.10 Å². The number of hydrogen-bond donors (Lipinski definition) is 1. The molecule has 24 heavy (non-hydrogen) atoms. The Morgan fingerprint density at radius 2 is 1.92 bits per heavy atom. The Hall–Kier alpha value is -2.62. The van der Waals surface area contributed by atoms with E-state index in [0.717, 1.165) is 25.0 Å². The van der Waals surface area contributed by atoms with Crippen LogP contribution < -0.4 is 5.32 Å². The molecule has 2 atom stereocenters. The summed E-state index contributed by atoms with van der Waals surface area (Å²) in [6.45, 7) is 0. The van der Waals surface area contributed by atoms with Gasteiger partial charge in [0.05, 0.1) is 11.8 Å². The van der Waals surface area contributed by atoms with Crippen molar-refractivity contribution in [3.63, 3.8) is 0 Å². The second-order valence-corrected chi connectivity index (χ2v) is 6.42. The second-order valence-electron chi connectivity index (χ2n) is 6.42. The van der Waals surface area contributed by atoms with Crippen LogP contribution in [0.25, 0.3) is 0 Å². The normalized spacial score (nSPS) is 21.8. The van der Waals surface area contributed by atoms with Crippen LogP contribution in [0.5, 0.6) is 0 Å². The minimum atomic E-state index is -0.503. The molecule has 1 amide bonds. The number of carbonyl (C=O) groups is 1. The molecule has 122 valence electrons. The largest absolute Gasteiger partial charge is 0.382 e. The van der Waals surface area contributed by atoms with Crippen molar-refractivity contribution in [2.45, 2.75) is 37.8 Å². The summed E-state index contributed by atoms with van der Waals surface area (Å²) in [4.78, 5) is 17.9. The van der Waals surface area contributed by atoms with Crippen molar-refractivity contribution in [2.75, 3.05) is 0 Å². The van der Waals surface area contributed by atoms with Crippen LogP contribution in [-0.4, -0.2) is 17.7 Å². The number of nitrogens with one attached hydrogen (secondary N) is 1. The second kappa shape index (κ2) is 6.48. The molecular weight excluding hydrogens is 300 g/mol. The average molecular weight is 320 g/mol. The van der Waals surface area contributed by atoms with E-state index in [9.17, 15) is 4.79 Å². The fourth-order valence-electron chi connectivity index (χ4n) is 3.47. The molecule has 0 bridgehead atoms. The molecule has 1 aliphatic heterocycles. The molecule has 2 aliphatic rings. The van der Waals surface area contributed by atoms with Crippen molar-refractivity contribution >= 4 is 11.6 Å². The summed E-state index contributed by atoms with van der Waals surface area (Å²) in [7, 11) is 0. The highest BCUT2D eigenvalue weighted by Gasteiger charge is 2.31. The molecule has 1 heterocycles. The summed E-state index contributed by atoms with van der Waals surface area (Å²) in [5.74, 6) is -0.0662. The molecule has 0 spiro atoms. The molecule has 4 heteroatoms. The van der Waals surface area contributed by atoms with E-state index in [4.69, 9.17) is 4.84 Å². The number of nitrogens with zero attached hydrogens (tertiary/aromatic N) is 1. The van der Waals surface area contributed by atoms with Crippen LogP contribution in [-0.2, 0) is 22.5 Å². The first-order chi connectivity index (χ1) is 11.8. The number of oxime groups is 1. The summed E-state index contributed by atoms with van der Waals surface area (Å²) >= 11 is 0. The van der Waals surface area contributed by atoms with Gasteiger partial charge in [-0.3, -0.25) is 4.79 Å². The molecule has 0 radical (unpaired) electrons. The first-order valence-corrected chi connectivity index (χ1v) is 8.43. The Labute approximate surface area is 141 Å². The van der Waals surface area contributed by atoms with Gasteiger partial charge in [-0.05, 0) is 29.5 Å². The maximum atomic E-state index is 12.5. The molecule has 4 rings (SSSR count). The molecule has 0 unspecified atom stereocenters. The zero-order valence-corrected chi connectivity index (χ0v) is 13.4. The summed E-state index contributed by atoms with van der Waals surface area (Å²) in [6, 6.07) is 18.5. The lowest BCUT2D eigenvalue weighted by atomic mass is 10.0. The Morgan fingerprint density at radius 1 is 1.12 bits per heavy atom. The molecule has 0 fully saturated rings. The van der Waals surface area contributed by atoms with E-state index in [1.807, 2.05) is 30.3 Å². The highest BCUT2D eigenvalue weighted by molar-refractivity contribution is 5.94. The summed E-state index contributed by atoms with van der Waals surface area (Å²) < 4.78 is 0. The first kappa shape index (κ1) is 14.9. The van der Waals surface area contributed by atoms with E-state index in [2.05, 4.69) is 34.7 Å². The van der Waals surface area contributed by atoms with Crippen molar-refractivity contribution in [1.29, 1.82) is 0 Å². The van der Waals surface area contributed by atoms with Crippen LogP contribution in [0.1, 0.15) is 35.6 Å². The number of hydrogen-bond acceptors (Lipinski definition) is 3. The van der Waals surface area contributed by atoms with Crippen molar-refractivity contribution in [3.8, 4) is 0 Å². The van der Waals surface area contributed by atoms with Crippen molar-refractivity contribution in [2.24, 2.45) is 5.16 Å². The van der Waals surface area contributed by atoms with Gasteiger partial charge < -0.3 is 10.2 Å². The van der Waals surface area contributed by atoms with Gasteiger partial charge in [0.2, 0.25) is 6.10 Å². The highest BCUT2D eigenvalue weighted by Crippen LogP contribution is 2.31. The zero-order valence-electron chi connectivity index (χ0n) is 13.4. The maximum Gasteiger partial charge on any atom is 0.264 e. The van der Waals surface area contributed by atoms with Gasteiger partial charge in [-0.25, -0.2) is 0 Å². The zero-order chi connectivity index (χ0) is 16.4. The Kier molecular flexibility index (Phi) is 4.03. The van der Waals surface area contributed by atoms with E-state index in [1.54, 1.807) is 0 Å². The van der Waals surface area contributed by atoms with Crippen LogP contribution in [0.2, 0.25) is 0 Å². The molecule has 2 aromatic carbocycles. The van der Waals surface area contributed by atoms with Crippen LogP contribution in [0.3, 0.4) is 0 Å². The summed E-state index contributed by atoms with van der Waals surface area (Å²) in [6.07, 6.45) is 2.76. The minimum absolute atomic E-state index is 0.0662. The predicted molar refractivity (Wildman–Crippen MR) is 92.7 cm³/mol. The summed E-state index contributed by atoms with van der Waals surface area (Å²) in [5.41, 5.74) is 4.67. The molecule has 0 aromatic heterocycles. The van der Waals surface area contributed by atoms with E-state index in [0.29, 0.717) is 6.42 Å². The Bertz CT molecular complexity index is 770. The Morgan fingerprint density at radius 3 is 2.79 bits per heavy atom. The van der Waals surface area contributed by atoms with Crippen molar-refractivity contribution < 1.29 is 9.63 Å². The van der Waals surface area contributed by atoms with E-state index >= 15 is 0 Å². The van der Waals surface area contributed by atoms with Gasteiger partial charge in [-0.15, -0.1) is 0 Å². The lowest BCUT2D eigenvalue weighted by Crippen LogP contribution is -2.36. The molecule has 1 N–H and O–H groups in total. The van der Waals surface area contributed by atoms with E-state index in [-0.39, 0.29) is 11.9 Å². The SMILES string of the molecule is O=C(N[C@H]1CCc2ccccc21)[C@@H]1CC(Cc2ccccc2)=NO1. The lowest BCUT2D eigenvalue weighted by molar-refractivity contribution is -0.131. The maximum absolute atomic E-state index is 12.5. The average Bonchev–Trinajstić information content (AvgIpc) is 3.24. The van der Waals surface area contributed by atoms with Gasteiger partial charge in [-0.1, -0.05) is 59.8 Å². The smallest absolute Gasteiger partial charge is 0.264 e. The fraction of sp³-hybridized carbons (Fsp3) is 0.300. The van der Waals surface area contributed by atoms with Gasteiger partial charge in [0.1, 0.15) is 0 Å². The van der Waals surface area contributed by atoms with Gasteiger partial charge in [0.15, 0.2) is 0 Å². The van der Waals surface area contributed by atoms with Gasteiger partial charge in [0, 0.05) is 12.8 Å². The van der Waals surface area contributed by atoms with Crippen molar-refractivity contribution in [1.82, 2.24) is 5.32 Å². The molecular formula is C20H20N2O2. The predicted octanol–water partition coefficient (Wildman–Crippen LogP) is 3.18. The third-order valence-electron chi connectivity index (χ3n) is 4.72. The number of carbonyl (C=O) groups excluding carboxylic acids is 1. The van der Waals surface area contributed by atoms with Crippen LogP contribution >= 0.6 is 0 Å². The monoisotopic (exact) mass is 320 g/mol. The number of benzene rings is 2. The van der Waals surface area contributed by atoms with Crippen LogP contribution in [0.15, 0.2) is 59.8 Å². The lowest BCUT2D eigenvalue weighted by Gasteiger charge is -2.16. The van der Waals surface area contributed by atoms with Gasteiger partial charge in [0.25, 0.3) is 5.91 Å². The van der Waals surface area contributed by atoms with Crippen molar-refractivity contribution in [3.05, 3.63) is 71.3 Å². The van der Waals surface area contributed by atoms with Gasteiger partial charge in [-0.2, -0.15) is 0 Å². The standard InChI is InChI=1S/C20H20N2O2/c23-20(21-18-11-10-15-8-4-5-9-17(15)18)19-13-16(22-24-19)12-14-6-2-1-3-7-14/h1-9,18-19H,10-13H2,(H,21,23)/t18-,19-/m0/s1. The van der Waals surface area contributed by atoms with Gasteiger partial charge >= 0.3 is 0 Å². The molecule has 2 aromatic rings. The topological polar surface area (TPSA) is 50.7 Å². The molecule has 0 saturated carbocycles. The Balaban J connectivity index is 1.34. The quantitative estimate of drug-likeness (QED) is 0.940. The van der Waals surface area contributed by atoms with Crippen LogP contribution in [0.4, 0.5) is 0 Å². The number of amides is 1.